The quantitative estimate of drug-likeness (QED) is 0.235. The van der Waals surface area contributed by atoms with E-state index in [1.165, 1.54) is 0 Å². The van der Waals surface area contributed by atoms with E-state index in [9.17, 15) is 19.3 Å². The van der Waals surface area contributed by atoms with E-state index in [2.05, 4.69) is 20.5 Å². The molecule has 0 aliphatic rings. The predicted molar refractivity (Wildman–Crippen MR) is 123 cm³/mol. The number of amides is 1. The second-order valence-corrected chi connectivity index (χ2v) is 7.72. The Morgan fingerprint density at radius 3 is 2.21 bits per heavy atom. The van der Waals surface area contributed by atoms with Gasteiger partial charge in [-0.25, -0.2) is 9.37 Å². The Kier molecular flexibility index (Phi) is 6.65. The molecule has 0 bridgehead atoms. The standard InChI is InChI=1S/C23H16FN5O3S/c24-17-11-12-18(19(13-17)29(31)32)25-20(30)14-33-23-26-21(15-7-3-1-4-8-15)22(27-28-23)16-9-5-2-6-10-16/h1-13H,14H2,(H,25,30). The number of thioether (sulfide) groups is 1. The van der Waals surface area contributed by atoms with E-state index in [4.69, 9.17) is 0 Å². The Labute approximate surface area is 192 Å². The molecule has 10 heteroatoms. The molecular weight excluding hydrogens is 445 g/mol. The number of carbonyl (C=O) groups excluding carboxylic acids is 1. The molecule has 4 aromatic rings. The monoisotopic (exact) mass is 461 g/mol. The molecule has 0 saturated carbocycles. The van der Waals surface area contributed by atoms with E-state index < -0.39 is 22.3 Å². The number of nitro groups is 1. The summed E-state index contributed by atoms with van der Waals surface area (Å²) in [6.45, 7) is 0. The summed E-state index contributed by atoms with van der Waals surface area (Å²) >= 11 is 1.04. The van der Waals surface area contributed by atoms with Gasteiger partial charge < -0.3 is 5.32 Å². The zero-order valence-corrected chi connectivity index (χ0v) is 17.8. The molecular formula is C23H16FN5O3S. The molecule has 0 atom stereocenters. The number of halogens is 1. The highest BCUT2D eigenvalue weighted by atomic mass is 32.2. The molecule has 0 aliphatic heterocycles. The molecule has 0 radical (unpaired) electrons. The topological polar surface area (TPSA) is 111 Å². The third-order valence-electron chi connectivity index (χ3n) is 4.52. The molecule has 0 saturated heterocycles. The summed E-state index contributed by atoms with van der Waals surface area (Å²) < 4.78 is 13.3. The SMILES string of the molecule is O=C(CSc1nnc(-c2ccccc2)c(-c2ccccc2)n1)Nc1ccc(F)cc1[N+](=O)[O-]. The van der Waals surface area contributed by atoms with E-state index in [0.29, 0.717) is 11.4 Å². The Bertz CT molecular complexity index is 1310. The van der Waals surface area contributed by atoms with Crippen LogP contribution in [0.3, 0.4) is 0 Å². The molecule has 0 aliphatic carbocycles. The van der Waals surface area contributed by atoms with Gasteiger partial charge >= 0.3 is 0 Å². The van der Waals surface area contributed by atoms with Crippen LogP contribution in [0.1, 0.15) is 0 Å². The molecule has 1 amide bonds. The maximum absolute atomic E-state index is 13.3. The number of nitro benzene ring substituents is 1. The van der Waals surface area contributed by atoms with Gasteiger partial charge in [0.05, 0.1) is 16.7 Å². The van der Waals surface area contributed by atoms with Crippen molar-refractivity contribution in [1.82, 2.24) is 15.2 Å². The van der Waals surface area contributed by atoms with Crippen LogP contribution in [0.25, 0.3) is 22.5 Å². The van der Waals surface area contributed by atoms with Crippen molar-refractivity contribution in [3.05, 3.63) is 94.8 Å². The van der Waals surface area contributed by atoms with Gasteiger partial charge in [-0.05, 0) is 12.1 Å². The minimum atomic E-state index is -0.763. The third kappa shape index (κ3) is 5.36. The zero-order chi connectivity index (χ0) is 23.2. The number of aromatic nitrogens is 3. The highest BCUT2D eigenvalue weighted by Gasteiger charge is 2.18. The molecule has 33 heavy (non-hydrogen) atoms. The van der Waals surface area contributed by atoms with Crippen LogP contribution >= 0.6 is 11.8 Å². The number of anilines is 1. The van der Waals surface area contributed by atoms with Crippen molar-refractivity contribution in [3.8, 4) is 22.5 Å². The lowest BCUT2D eigenvalue weighted by Gasteiger charge is -2.09. The smallest absolute Gasteiger partial charge is 0.295 e. The van der Waals surface area contributed by atoms with Gasteiger partial charge in [-0.2, -0.15) is 0 Å². The summed E-state index contributed by atoms with van der Waals surface area (Å²) in [5.41, 5.74) is 2.32. The first-order valence-corrected chi connectivity index (χ1v) is 10.7. The maximum atomic E-state index is 13.3. The fourth-order valence-corrected chi connectivity index (χ4v) is 3.62. The molecule has 1 aromatic heterocycles. The fraction of sp³-hybridized carbons (Fsp3) is 0.0435. The van der Waals surface area contributed by atoms with E-state index in [0.717, 1.165) is 41.1 Å². The van der Waals surface area contributed by atoms with Crippen molar-refractivity contribution in [3.63, 3.8) is 0 Å². The van der Waals surface area contributed by atoms with Crippen LogP contribution in [-0.4, -0.2) is 31.8 Å². The van der Waals surface area contributed by atoms with Crippen molar-refractivity contribution in [2.24, 2.45) is 0 Å². The number of carbonyl (C=O) groups is 1. The van der Waals surface area contributed by atoms with Gasteiger partial charge in [0.2, 0.25) is 11.1 Å². The van der Waals surface area contributed by atoms with Crippen molar-refractivity contribution in [2.75, 3.05) is 11.1 Å². The average Bonchev–Trinajstić information content (AvgIpc) is 2.84. The molecule has 1 N–H and O–H groups in total. The largest absolute Gasteiger partial charge is 0.320 e. The van der Waals surface area contributed by atoms with E-state index in [-0.39, 0.29) is 16.6 Å². The third-order valence-corrected chi connectivity index (χ3v) is 5.36. The van der Waals surface area contributed by atoms with Gasteiger partial charge in [-0.1, -0.05) is 72.4 Å². The van der Waals surface area contributed by atoms with Crippen LogP contribution in [0.15, 0.2) is 84.0 Å². The van der Waals surface area contributed by atoms with Crippen LogP contribution in [0.2, 0.25) is 0 Å². The van der Waals surface area contributed by atoms with Crippen molar-refractivity contribution in [2.45, 2.75) is 5.16 Å². The predicted octanol–water partition coefficient (Wildman–Crippen LogP) is 4.98. The van der Waals surface area contributed by atoms with Crippen LogP contribution < -0.4 is 5.32 Å². The van der Waals surface area contributed by atoms with Crippen LogP contribution in [0, 0.1) is 15.9 Å². The Balaban J connectivity index is 1.55. The first kappa shape index (κ1) is 22.0. The number of rotatable bonds is 7. The first-order chi connectivity index (χ1) is 16.0. The summed E-state index contributed by atoms with van der Waals surface area (Å²) in [6, 6.07) is 22.0. The second kappa shape index (κ2) is 9.96. The van der Waals surface area contributed by atoms with Crippen LogP contribution in [-0.2, 0) is 4.79 Å². The van der Waals surface area contributed by atoms with E-state index in [1.807, 2.05) is 60.7 Å². The lowest BCUT2D eigenvalue weighted by Crippen LogP contribution is -2.15. The van der Waals surface area contributed by atoms with Gasteiger partial charge in [0, 0.05) is 11.1 Å². The lowest BCUT2D eigenvalue weighted by atomic mass is 10.0. The van der Waals surface area contributed by atoms with E-state index >= 15 is 0 Å². The van der Waals surface area contributed by atoms with Gasteiger partial charge in [0.15, 0.2) is 0 Å². The molecule has 0 unspecified atom stereocenters. The second-order valence-electron chi connectivity index (χ2n) is 6.78. The van der Waals surface area contributed by atoms with Crippen molar-refractivity contribution in [1.29, 1.82) is 0 Å². The molecule has 8 nitrogen and oxygen atoms in total. The minimum Gasteiger partial charge on any atom is -0.320 e. The zero-order valence-electron chi connectivity index (χ0n) is 17.0. The highest BCUT2D eigenvalue weighted by Crippen LogP contribution is 2.30. The van der Waals surface area contributed by atoms with Gasteiger partial charge in [0.25, 0.3) is 5.69 Å². The summed E-state index contributed by atoms with van der Waals surface area (Å²) in [5, 5.41) is 22.3. The summed E-state index contributed by atoms with van der Waals surface area (Å²) in [4.78, 5) is 27.3. The van der Waals surface area contributed by atoms with Crippen molar-refractivity contribution < 1.29 is 14.1 Å². The summed E-state index contributed by atoms with van der Waals surface area (Å²) in [7, 11) is 0. The number of hydrogen-bond acceptors (Lipinski definition) is 7. The van der Waals surface area contributed by atoms with E-state index in [1.54, 1.807) is 0 Å². The minimum absolute atomic E-state index is 0.0876. The number of benzene rings is 3. The molecule has 3 aromatic carbocycles. The number of nitrogens with zero attached hydrogens (tertiary/aromatic N) is 4. The van der Waals surface area contributed by atoms with Gasteiger partial charge in [0.1, 0.15) is 22.9 Å². The molecule has 4 rings (SSSR count). The normalized spacial score (nSPS) is 10.6. The lowest BCUT2D eigenvalue weighted by molar-refractivity contribution is -0.384. The molecule has 164 valence electrons. The Morgan fingerprint density at radius 1 is 0.939 bits per heavy atom. The van der Waals surface area contributed by atoms with Gasteiger partial charge in [-0.3, -0.25) is 14.9 Å². The fourth-order valence-electron chi connectivity index (χ4n) is 3.04. The molecule has 0 spiro atoms. The summed E-state index contributed by atoms with van der Waals surface area (Å²) in [5.74, 6) is -1.40. The van der Waals surface area contributed by atoms with Crippen molar-refractivity contribution >= 4 is 29.0 Å². The van der Waals surface area contributed by atoms with Crippen LogP contribution in [0.5, 0.6) is 0 Å². The number of hydrogen-bond donors (Lipinski definition) is 1. The average molecular weight is 461 g/mol. The highest BCUT2D eigenvalue weighted by molar-refractivity contribution is 7.99. The first-order valence-electron chi connectivity index (χ1n) is 9.73. The van der Waals surface area contributed by atoms with Crippen LogP contribution in [0.4, 0.5) is 15.8 Å². The van der Waals surface area contributed by atoms with Gasteiger partial charge in [-0.15, -0.1) is 10.2 Å². The Hall–Kier alpha value is -4.18. The summed E-state index contributed by atoms with van der Waals surface area (Å²) in [6.07, 6.45) is 0. The maximum Gasteiger partial charge on any atom is 0.295 e. The number of nitrogens with one attached hydrogen (secondary N) is 1. The Morgan fingerprint density at radius 2 is 1.58 bits per heavy atom. The molecule has 1 heterocycles. The molecule has 0 fully saturated rings.